The fourth-order valence-electron chi connectivity index (χ4n) is 2.56. The number of hydrogen-bond donors (Lipinski definition) is 1. The van der Waals surface area contributed by atoms with E-state index in [0.29, 0.717) is 6.04 Å². The van der Waals surface area contributed by atoms with Gasteiger partial charge in [0.1, 0.15) is 0 Å². The standard InChI is InChI=1S/C18H21N3/c1-3-12-19-14(2)15-8-10-17(11-9-15)21-18-7-5-4-6-16(18)13-20-21/h4-11,13-14,19H,3,12H2,1-2H3. The first-order valence-corrected chi connectivity index (χ1v) is 7.56. The normalized spacial score (nSPS) is 12.7. The molecule has 1 N–H and O–H groups in total. The summed E-state index contributed by atoms with van der Waals surface area (Å²) in [5, 5.41) is 9.17. The van der Waals surface area contributed by atoms with Gasteiger partial charge < -0.3 is 5.32 Å². The number of nitrogens with one attached hydrogen (secondary N) is 1. The summed E-state index contributed by atoms with van der Waals surface area (Å²) in [6.45, 7) is 5.44. The van der Waals surface area contributed by atoms with Crippen molar-refractivity contribution in [1.82, 2.24) is 15.1 Å². The van der Waals surface area contributed by atoms with Gasteiger partial charge in [-0.3, -0.25) is 0 Å². The first kappa shape index (κ1) is 13.8. The SMILES string of the molecule is CCCNC(C)c1ccc(-n2ncc3ccccc32)cc1. The highest BCUT2D eigenvalue weighted by Crippen LogP contribution is 2.20. The monoisotopic (exact) mass is 279 g/mol. The molecule has 0 fully saturated rings. The fourth-order valence-corrected chi connectivity index (χ4v) is 2.56. The minimum Gasteiger partial charge on any atom is -0.310 e. The molecule has 2 aromatic carbocycles. The first-order chi connectivity index (χ1) is 10.3. The molecule has 0 spiro atoms. The van der Waals surface area contributed by atoms with Crippen molar-refractivity contribution < 1.29 is 0 Å². The van der Waals surface area contributed by atoms with Gasteiger partial charge in [-0.05, 0) is 43.7 Å². The van der Waals surface area contributed by atoms with Gasteiger partial charge in [0.15, 0.2) is 0 Å². The van der Waals surface area contributed by atoms with Crippen LogP contribution >= 0.6 is 0 Å². The molecular formula is C18H21N3. The molecule has 21 heavy (non-hydrogen) atoms. The third-order valence-corrected chi connectivity index (χ3v) is 3.82. The van der Waals surface area contributed by atoms with Crippen LogP contribution in [0.25, 0.3) is 16.6 Å². The van der Waals surface area contributed by atoms with E-state index in [9.17, 15) is 0 Å². The van der Waals surface area contributed by atoms with E-state index in [1.165, 1.54) is 10.9 Å². The summed E-state index contributed by atoms with van der Waals surface area (Å²) < 4.78 is 1.99. The first-order valence-electron chi connectivity index (χ1n) is 7.56. The third kappa shape index (κ3) is 2.83. The molecule has 1 aromatic heterocycles. The number of fused-ring (bicyclic) bond motifs is 1. The zero-order valence-corrected chi connectivity index (χ0v) is 12.6. The van der Waals surface area contributed by atoms with Crippen LogP contribution in [0, 0.1) is 0 Å². The van der Waals surface area contributed by atoms with Gasteiger partial charge in [0, 0.05) is 11.4 Å². The second-order valence-electron chi connectivity index (χ2n) is 5.38. The Morgan fingerprint density at radius 3 is 2.62 bits per heavy atom. The second-order valence-corrected chi connectivity index (χ2v) is 5.38. The van der Waals surface area contributed by atoms with Crippen LogP contribution in [0.1, 0.15) is 31.9 Å². The lowest BCUT2D eigenvalue weighted by Crippen LogP contribution is -2.19. The van der Waals surface area contributed by atoms with Crippen molar-refractivity contribution in [1.29, 1.82) is 0 Å². The molecule has 0 amide bonds. The van der Waals surface area contributed by atoms with Crippen molar-refractivity contribution in [2.45, 2.75) is 26.3 Å². The molecule has 3 aromatic rings. The lowest BCUT2D eigenvalue weighted by atomic mass is 10.1. The summed E-state index contributed by atoms with van der Waals surface area (Å²) in [4.78, 5) is 0. The average Bonchev–Trinajstić information content (AvgIpc) is 2.97. The molecule has 0 saturated heterocycles. The van der Waals surface area contributed by atoms with Crippen molar-refractivity contribution in [3.8, 4) is 5.69 Å². The molecular weight excluding hydrogens is 258 g/mol. The third-order valence-electron chi connectivity index (χ3n) is 3.82. The van der Waals surface area contributed by atoms with E-state index in [1.807, 2.05) is 23.0 Å². The highest BCUT2D eigenvalue weighted by Gasteiger charge is 2.06. The smallest absolute Gasteiger partial charge is 0.0741 e. The minimum atomic E-state index is 0.383. The Labute approximate surface area is 125 Å². The maximum absolute atomic E-state index is 4.49. The topological polar surface area (TPSA) is 29.9 Å². The van der Waals surface area contributed by atoms with Crippen LogP contribution in [0.3, 0.4) is 0 Å². The number of para-hydroxylation sites is 1. The second kappa shape index (κ2) is 6.10. The molecule has 3 heteroatoms. The summed E-state index contributed by atoms with van der Waals surface area (Å²) in [5.41, 5.74) is 3.55. The quantitative estimate of drug-likeness (QED) is 0.762. The Balaban J connectivity index is 1.87. The summed E-state index contributed by atoms with van der Waals surface area (Å²) in [6.07, 6.45) is 3.07. The number of benzene rings is 2. The van der Waals surface area contributed by atoms with Gasteiger partial charge in [-0.1, -0.05) is 37.3 Å². The number of aromatic nitrogens is 2. The molecule has 0 aliphatic carbocycles. The molecule has 0 aliphatic rings. The Bertz CT molecular complexity index is 713. The van der Waals surface area contributed by atoms with Crippen molar-refractivity contribution in [3.63, 3.8) is 0 Å². The van der Waals surface area contributed by atoms with E-state index in [0.717, 1.165) is 24.2 Å². The number of rotatable bonds is 5. The van der Waals surface area contributed by atoms with E-state index in [-0.39, 0.29) is 0 Å². The van der Waals surface area contributed by atoms with Crippen LogP contribution in [0.4, 0.5) is 0 Å². The van der Waals surface area contributed by atoms with Gasteiger partial charge >= 0.3 is 0 Å². The van der Waals surface area contributed by atoms with Crippen molar-refractivity contribution in [2.75, 3.05) is 6.54 Å². The predicted molar refractivity (Wildman–Crippen MR) is 87.8 cm³/mol. The van der Waals surface area contributed by atoms with Crippen LogP contribution in [-0.2, 0) is 0 Å². The predicted octanol–water partition coefficient (Wildman–Crippen LogP) is 4.09. The zero-order valence-electron chi connectivity index (χ0n) is 12.6. The maximum Gasteiger partial charge on any atom is 0.0741 e. The molecule has 1 unspecified atom stereocenters. The Kier molecular flexibility index (Phi) is 4.02. The van der Waals surface area contributed by atoms with Gasteiger partial charge in [0.2, 0.25) is 0 Å². The van der Waals surface area contributed by atoms with Gasteiger partial charge in [-0.15, -0.1) is 0 Å². The summed E-state index contributed by atoms with van der Waals surface area (Å²) >= 11 is 0. The van der Waals surface area contributed by atoms with Gasteiger partial charge in [0.25, 0.3) is 0 Å². The fraction of sp³-hybridized carbons (Fsp3) is 0.278. The van der Waals surface area contributed by atoms with Crippen molar-refractivity contribution in [2.24, 2.45) is 0 Å². The summed E-state index contributed by atoms with van der Waals surface area (Å²) in [5.74, 6) is 0. The van der Waals surface area contributed by atoms with E-state index in [4.69, 9.17) is 0 Å². The lowest BCUT2D eigenvalue weighted by molar-refractivity contribution is 0.570. The zero-order chi connectivity index (χ0) is 14.7. The highest BCUT2D eigenvalue weighted by atomic mass is 15.3. The van der Waals surface area contributed by atoms with Crippen molar-refractivity contribution in [3.05, 3.63) is 60.3 Å². The van der Waals surface area contributed by atoms with E-state index in [2.05, 4.69) is 60.7 Å². The minimum absolute atomic E-state index is 0.383. The van der Waals surface area contributed by atoms with E-state index in [1.54, 1.807) is 0 Å². The molecule has 3 nitrogen and oxygen atoms in total. The largest absolute Gasteiger partial charge is 0.310 e. The molecule has 3 rings (SSSR count). The maximum atomic E-state index is 4.49. The summed E-state index contributed by atoms with van der Waals surface area (Å²) in [7, 11) is 0. The van der Waals surface area contributed by atoms with Crippen LogP contribution in [-0.4, -0.2) is 16.3 Å². The lowest BCUT2D eigenvalue weighted by Gasteiger charge is -2.14. The molecule has 0 aliphatic heterocycles. The van der Waals surface area contributed by atoms with Crippen LogP contribution in [0.15, 0.2) is 54.7 Å². The Morgan fingerprint density at radius 2 is 1.86 bits per heavy atom. The van der Waals surface area contributed by atoms with Crippen LogP contribution < -0.4 is 5.32 Å². The molecule has 1 heterocycles. The summed E-state index contributed by atoms with van der Waals surface area (Å²) in [6, 6.07) is 17.3. The van der Waals surface area contributed by atoms with Crippen LogP contribution in [0.5, 0.6) is 0 Å². The van der Waals surface area contributed by atoms with Gasteiger partial charge in [0.05, 0.1) is 17.4 Å². The molecule has 1 atom stereocenters. The molecule has 108 valence electrons. The average molecular weight is 279 g/mol. The van der Waals surface area contributed by atoms with Gasteiger partial charge in [-0.25, -0.2) is 4.68 Å². The Morgan fingerprint density at radius 1 is 1.10 bits per heavy atom. The number of hydrogen-bond acceptors (Lipinski definition) is 2. The number of nitrogens with zero attached hydrogens (tertiary/aromatic N) is 2. The molecule has 0 radical (unpaired) electrons. The molecule has 0 bridgehead atoms. The van der Waals surface area contributed by atoms with E-state index < -0.39 is 0 Å². The van der Waals surface area contributed by atoms with E-state index >= 15 is 0 Å². The highest BCUT2D eigenvalue weighted by molar-refractivity contribution is 5.80. The Hall–Kier alpha value is -2.13. The van der Waals surface area contributed by atoms with Crippen molar-refractivity contribution >= 4 is 10.9 Å². The van der Waals surface area contributed by atoms with Gasteiger partial charge in [-0.2, -0.15) is 5.10 Å². The molecule has 0 saturated carbocycles. The van der Waals surface area contributed by atoms with Crippen LogP contribution in [0.2, 0.25) is 0 Å².